The predicted octanol–water partition coefficient (Wildman–Crippen LogP) is 27.1. The van der Waals surface area contributed by atoms with Gasteiger partial charge in [0.25, 0.3) is 0 Å². The molecular formula is C84H157NO8P+. The molecule has 0 radical (unpaired) electrons. The first-order chi connectivity index (χ1) is 46.0. The van der Waals surface area contributed by atoms with E-state index in [1.165, 1.54) is 302 Å². The summed E-state index contributed by atoms with van der Waals surface area (Å²) in [5, 5.41) is 0. The van der Waals surface area contributed by atoms with Gasteiger partial charge in [0.15, 0.2) is 6.10 Å². The second kappa shape index (κ2) is 74.7. The molecule has 2 atom stereocenters. The molecule has 0 saturated heterocycles. The van der Waals surface area contributed by atoms with Crippen molar-refractivity contribution >= 4 is 19.8 Å². The maximum Gasteiger partial charge on any atom is 0.472 e. The summed E-state index contributed by atoms with van der Waals surface area (Å²) in [5.41, 5.74) is 0. The number of phosphoric acid groups is 1. The Hall–Kier alpha value is -2.55. The number of likely N-dealkylation sites (N-methyl/N-ethyl adjacent to an activating group) is 1. The highest BCUT2D eigenvalue weighted by Gasteiger charge is 2.27. The summed E-state index contributed by atoms with van der Waals surface area (Å²) >= 11 is 0. The Kier molecular flexibility index (Phi) is 72.6. The number of phosphoric ester groups is 1. The number of quaternary nitrogens is 1. The van der Waals surface area contributed by atoms with Crippen molar-refractivity contribution in [3.63, 3.8) is 0 Å². The second-order valence-corrected chi connectivity index (χ2v) is 30.2. The summed E-state index contributed by atoms with van der Waals surface area (Å²) in [6.45, 7) is 4.38. The van der Waals surface area contributed by atoms with Gasteiger partial charge in [-0.1, -0.05) is 376 Å². The molecule has 0 aliphatic rings. The first-order valence-corrected chi connectivity index (χ1v) is 42.2. The van der Waals surface area contributed by atoms with Crippen molar-refractivity contribution in [3.05, 3.63) is 72.9 Å². The fourth-order valence-electron chi connectivity index (χ4n) is 12.0. The van der Waals surface area contributed by atoms with Crippen LogP contribution in [0.2, 0.25) is 0 Å². The van der Waals surface area contributed by atoms with Crippen molar-refractivity contribution in [2.45, 2.75) is 405 Å². The first-order valence-electron chi connectivity index (χ1n) is 40.7. The van der Waals surface area contributed by atoms with E-state index >= 15 is 0 Å². The number of esters is 2. The number of carbonyl (C=O) groups excluding carboxylic acids is 2. The van der Waals surface area contributed by atoms with Crippen LogP contribution in [0.15, 0.2) is 72.9 Å². The van der Waals surface area contributed by atoms with E-state index in [0.29, 0.717) is 23.9 Å². The number of hydrogen-bond donors (Lipinski definition) is 1. The van der Waals surface area contributed by atoms with Crippen molar-refractivity contribution in [3.8, 4) is 0 Å². The molecule has 0 aromatic carbocycles. The first kappa shape index (κ1) is 91.4. The SMILES string of the molecule is CC/C=C\C/C=C\C/C=C\C/C=C\CCCCCCCCCCCCCCCCCCCCCCCCCCCCCCC(=O)OC(COC(=O)CCCCCCCCCCCCCCCCCCC/C=C\C/C=C\CCCCCCC)COP(=O)(O)OCC[N+](C)(C)C. The lowest BCUT2D eigenvalue weighted by Crippen LogP contribution is -2.37. The number of nitrogens with zero attached hydrogens (tertiary/aromatic N) is 1. The average molecular weight is 1340 g/mol. The molecule has 1 N–H and O–H groups in total. The number of ether oxygens (including phenoxy) is 2. The molecule has 0 bridgehead atoms. The Morgan fingerprint density at radius 3 is 0.904 bits per heavy atom. The minimum Gasteiger partial charge on any atom is -0.462 e. The second-order valence-electron chi connectivity index (χ2n) is 28.8. The van der Waals surface area contributed by atoms with Gasteiger partial charge in [-0.05, 0) is 83.5 Å². The van der Waals surface area contributed by atoms with Crippen LogP contribution in [0.4, 0.5) is 0 Å². The molecule has 0 aromatic rings. The summed E-state index contributed by atoms with van der Waals surface area (Å²) in [6, 6.07) is 0. The van der Waals surface area contributed by atoms with E-state index < -0.39 is 26.5 Å². The predicted molar refractivity (Wildman–Crippen MR) is 409 cm³/mol. The van der Waals surface area contributed by atoms with Crippen LogP contribution in [0.5, 0.6) is 0 Å². The van der Waals surface area contributed by atoms with Gasteiger partial charge in [-0.3, -0.25) is 18.6 Å². The standard InChI is InChI=1S/C84H156NO8P/c1-6-8-10-12-14-16-18-20-22-24-26-28-30-32-34-36-37-38-39-40-41-42-43-44-45-46-47-49-51-53-55-57-59-61-63-65-67-69-71-73-75-77-84(87)93-82(81-92-94(88,89)91-79-78-85(3,4)5)80-90-83(86)76-74-72-70-68-66-64-62-60-58-56-54-52-50-48-35-33-31-29-27-25-23-21-19-17-15-13-11-9-7-2/h8,10,14,16,19-22,25-28,82H,6-7,9,11-13,15,17-18,23-24,29-81H2,1-5H3/p+1/b10-8-,16-14-,21-19-,22-20-,27-25-,28-26-. The molecule has 9 nitrogen and oxygen atoms in total. The fourth-order valence-corrected chi connectivity index (χ4v) is 12.8. The van der Waals surface area contributed by atoms with Crippen LogP contribution >= 0.6 is 7.82 Å². The third-order valence-corrected chi connectivity index (χ3v) is 19.2. The normalized spacial score (nSPS) is 13.4. The maximum absolute atomic E-state index is 12.9. The lowest BCUT2D eigenvalue weighted by Gasteiger charge is -2.24. The molecule has 0 rings (SSSR count). The molecule has 0 heterocycles. The Labute approximate surface area is 584 Å². The van der Waals surface area contributed by atoms with E-state index in [4.69, 9.17) is 18.5 Å². The van der Waals surface area contributed by atoms with E-state index in [-0.39, 0.29) is 25.6 Å². The molecule has 0 aliphatic heterocycles. The molecule has 0 fully saturated rings. The van der Waals surface area contributed by atoms with Crippen molar-refractivity contribution in [1.82, 2.24) is 0 Å². The minimum atomic E-state index is -4.39. The highest BCUT2D eigenvalue weighted by molar-refractivity contribution is 7.47. The molecule has 94 heavy (non-hydrogen) atoms. The smallest absolute Gasteiger partial charge is 0.462 e. The van der Waals surface area contributed by atoms with Crippen LogP contribution in [-0.4, -0.2) is 74.9 Å². The zero-order valence-corrected chi connectivity index (χ0v) is 63.9. The van der Waals surface area contributed by atoms with Gasteiger partial charge >= 0.3 is 19.8 Å². The number of hydrogen-bond acceptors (Lipinski definition) is 7. The quantitative estimate of drug-likeness (QED) is 0.0211. The van der Waals surface area contributed by atoms with Crippen molar-refractivity contribution in [2.75, 3.05) is 47.5 Å². The zero-order valence-electron chi connectivity index (χ0n) is 63.0. The van der Waals surface area contributed by atoms with Gasteiger partial charge in [-0.15, -0.1) is 0 Å². The molecule has 550 valence electrons. The molecule has 0 aromatic heterocycles. The van der Waals surface area contributed by atoms with Crippen LogP contribution in [0.25, 0.3) is 0 Å². The van der Waals surface area contributed by atoms with Gasteiger partial charge in [0, 0.05) is 12.8 Å². The van der Waals surface area contributed by atoms with Crippen LogP contribution in [0.3, 0.4) is 0 Å². The Morgan fingerprint density at radius 1 is 0.340 bits per heavy atom. The summed E-state index contributed by atoms with van der Waals surface area (Å²) in [7, 11) is 1.50. The fraction of sp³-hybridized carbons (Fsp3) is 0.833. The summed E-state index contributed by atoms with van der Waals surface area (Å²) in [6.07, 6.45) is 102. The highest BCUT2D eigenvalue weighted by Crippen LogP contribution is 2.43. The number of unbranched alkanes of at least 4 members (excludes halogenated alkanes) is 50. The molecule has 0 aliphatic carbocycles. The number of allylic oxidation sites excluding steroid dienone is 12. The Morgan fingerprint density at radius 2 is 0.606 bits per heavy atom. The van der Waals surface area contributed by atoms with Crippen molar-refractivity contribution < 1.29 is 42.1 Å². The van der Waals surface area contributed by atoms with Crippen LogP contribution < -0.4 is 0 Å². The van der Waals surface area contributed by atoms with Gasteiger partial charge in [-0.2, -0.15) is 0 Å². The molecule has 0 saturated carbocycles. The zero-order chi connectivity index (χ0) is 68.3. The summed E-state index contributed by atoms with van der Waals surface area (Å²) in [4.78, 5) is 36.0. The van der Waals surface area contributed by atoms with E-state index in [1.807, 2.05) is 21.1 Å². The third-order valence-electron chi connectivity index (χ3n) is 18.2. The van der Waals surface area contributed by atoms with Gasteiger partial charge in [-0.25, -0.2) is 4.57 Å². The van der Waals surface area contributed by atoms with Gasteiger partial charge in [0.2, 0.25) is 0 Å². The van der Waals surface area contributed by atoms with Gasteiger partial charge in [0.05, 0.1) is 27.7 Å². The lowest BCUT2D eigenvalue weighted by molar-refractivity contribution is -0.870. The summed E-state index contributed by atoms with van der Waals surface area (Å²) < 4.78 is 34.8. The molecular weight excluding hydrogens is 1180 g/mol. The third kappa shape index (κ3) is 78.4. The topological polar surface area (TPSA) is 108 Å². The largest absolute Gasteiger partial charge is 0.472 e. The lowest BCUT2D eigenvalue weighted by atomic mass is 10.0. The van der Waals surface area contributed by atoms with Gasteiger partial charge in [0.1, 0.15) is 19.8 Å². The van der Waals surface area contributed by atoms with Crippen molar-refractivity contribution in [2.24, 2.45) is 0 Å². The van der Waals surface area contributed by atoms with Crippen LogP contribution in [0.1, 0.15) is 399 Å². The monoisotopic (exact) mass is 1340 g/mol. The molecule has 0 amide bonds. The van der Waals surface area contributed by atoms with E-state index in [2.05, 4.69) is 86.8 Å². The van der Waals surface area contributed by atoms with Crippen LogP contribution in [0, 0.1) is 0 Å². The molecule has 0 spiro atoms. The summed E-state index contributed by atoms with van der Waals surface area (Å²) in [5.74, 6) is -0.775. The number of rotatable bonds is 76. The molecule has 10 heteroatoms. The highest BCUT2D eigenvalue weighted by atomic mass is 31.2. The average Bonchev–Trinajstić information content (AvgIpc) is 1.57. The maximum atomic E-state index is 12.9. The Bertz CT molecular complexity index is 1820. The van der Waals surface area contributed by atoms with E-state index in [9.17, 15) is 19.0 Å². The minimum absolute atomic E-state index is 0.0337. The molecule has 2 unspecified atom stereocenters. The van der Waals surface area contributed by atoms with Crippen molar-refractivity contribution in [1.29, 1.82) is 0 Å². The van der Waals surface area contributed by atoms with E-state index in [1.54, 1.807) is 0 Å². The van der Waals surface area contributed by atoms with E-state index in [0.717, 1.165) is 64.2 Å². The van der Waals surface area contributed by atoms with Crippen LogP contribution in [-0.2, 0) is 32.7 Å². The Balaban J connectivity index is 3.88. The van der Waals surface area contributed by atoms with Gasteiger partial charge < -0.3 is 18.9 Å². The number of carbonyl (C=O) groups is 2.